The second-order valence-corrected chi connectivity index (χ2v) is 5.11. The summed E-state index contributed by atoms with van der Waals surface area (Å²) in [6.07, 6.45) is 7.06. The molecule has 0 atom stereocenters. The lowest BCUT2D eigenvalue weighted by atomic mass is 9.95. The largest absolute Gasteiger partial charge is 0.316 e. The first-order valence-corrected chi connectivity index (χ1v) is 5.89. The maximum Gasteiger partial charge on any atom is 0.000781 e. The Kier molecular flexibility index (Phi) is 4.24. The molecule has 1 fully saturated rings. The van der Waals surface area contributed by atoms with Crippen molar-refractivity contribution in [3.05, 3.63) is 0 Å². The molecular weight excluding hydrogens is 158 g/mol. The minimum atomic E-state index is 0.722. The van der Waals surface area contributed by atoms with Crippen LogP contribution in [0.25, 0.3) is 0 Å². The van der Waals surface area contributed by atoms with Crippen LogP contribution >= 0.6 is 0 Å². The van der Waals surface area contributed by atoms with Crippen molar-refractivity contribution in [2.75, 3.05) is 13.1 Å². The van der Waals surface area contributed by atoms with E-state index in [-0.39, 0.29) is 0 Å². The highest BCUT2D eigenvalue weighted by atomic mass is 14.9. The molecule has 0 heterocycles. The van der Waals surface area contributed by atoms with Crippen LogP contribution in [0.2, 0.25) is 0 Å². The molecule has 1 heteroatoms. The molecule has 0 aromatic carbocycles. The van der Waals surface area contributed by atoms with Gasteiger partial charge in [-0.2, -0.15) is 0 Å². The second kappa shape index (κ2) is 4.99. The van der Waals surface area contributed by atoms with Crippen molar-refractivity contribution >= 4 is 0 Å². The molecule has 1 N–H and O–H groups in total. The number of rotatable bonds is 7. The van der Waals surface area contributed by atoms with Gasteiger partial charge in [0.15, 0.2) is 0 Å². The molecule has 0 spiro atoms. The average Bonchev–Trinajstić information content (AvgIpc) is 2.83. The fourth-order valence-electron chi connectivity index (χ4n) is 1.82. The van der Waals surface area contributed by atoms with Crippen LogP contribution in [0.1, 0.15) is 52.9 Å². The minimum absolute atomic E-state index is 0.722. The van der Waals surface area contributed by atoms with Crippen LogP contribution < -0.4 is 5.32 Å². The standard InChI is InChI=1S/C12H25N/c1-4-9-13-10-12(7-8-12)6-5-11(2)3/h11,13H,4-10H2,1-3H3. The molecule has 1 rings (SSSR count). The Morgan fingerprint density at radius 1 is 1.31 bits per heavy atom. The Labute approximate surface area is 83.3 Å². The van der Waals surface area contributed by atoms with E-state index in [4.69, 9.17) is 0 Å². The average molecular weight is 183 g/mol. The van der Waals surface area contributed by atoms with Crippen molar-refractivity contribution in [1.29, 1.82) is 0 Å². The highest BCUT2D eigenvalue weighted by molar-refractivity contribution is 4.94. The van der Waals surface area contributed by atoms with Gasteiger partial charge in [-0.05, 0) is 43.6 Å². The molecule has 13 heavy (non-hydrogen) atoms. The molecule has 1 aliphatic rings. The lowest BCUT2D eigenvalue weighted by molar-refractivity contribution is 0.382. The molecular formula is C12H25N. The third kappa shape index (κ3) is 4.12. The molecule has 1 aliphatic carbocycles. The van der Waals surface area contributed by atoms with Crippen molar-refractivity contribution in [2.24, 2.45) is 11.3 Å². The van der Waals surface area contributed by atoms with Crippen LogP contribution in [0.5, 0.6) is 0 Å². The third-order valence-corrected chi connectivity index (χ3v) is 3.14. The Balaban J connectivity index is 2.08. The minimum Gasteiger partial charge on any atom is -0.316 e. The van der Waals surface area contributed by atoms with E-state index in [0.29, 0.717) is 0 Å². The molecule has 0 amide bonds. The zero-order chi connectivity index (χ0) is 9.73. The van der Waals surface area contributed by atoms with E-state index in [1.54, 1.807) is 0 Å². The van der Waals surface area contributed by atoms with E-state index in [2.05, 4.69) is 26.1 Å². The Morgan fingerprint density at radius 2 is 2.00 bits per heavy atom. The van der Waals surface area contributed by atoms with Crippen molar-refractivity contribution in [3.8, 4) is 0 Å². The van der Waals surface area contributed by atoms with Crippen molar-refractivity contribution in [2.45, 2.75) is 52.9 Å². The van der Waals surface area contributed by atoms with E-state index < -0.39 is 0 Å². The van der Waals surface area contributed by atoms with Crippen LogP contribution in [0.15, 0.2) is 0 Å². The Hall–Kier alpha value is -0.0400. The maximum absolute atomic E-state index is 3.56. The molecule has 0 saturated heterocycles. The lowest BCUT2D eigenvalue weighted by Crippen LogP contribution is -2.24. The first-order valence-electron chi connectivity index (χ1n) is 5.89. The monoisotopic (exact) mass is 183 g/mol. The van der Waals surface area contributed by atoms with Gasteiger partial charge in [0.25, 0.3) is 0 Å². The molecule has 0 bridgehead atoms. The molecule has 0 aliphatic heterocycles. The van der Waals surface area contributed by atoms with Gasteiger partial charge in [0.2, 0.25) is 0 Å². The van der Waals surface area contributed by atoms with Gasteiger partial charge in [-0.1, -0.05) is 27.2 Å². The van der Waals surface area contributed by atoms with Gasteiger partial charge in [0.1, 0.15) is 0 Å². The van der Waals surface area contributed by atoms with E-state index in [0.717, 1.165) is 11.3 Å². The Bertz CT molecular complexity index is 136. The number of nitrogens with one attached hydrogen (secondary N) is 1. The van der Waals surface area contributed by atoms with E-state index in [1.807, 2.05) is 0 Å². The van der Waals surface area contributed by atoms with Crippen molar-refractivity contribution in [3.63, 3.8) is 0 Å². The van der Waals surface area contributed by atoms with E-state index in [9.17, 15) is 0 Å². The summed E-state index contributed by atoms with van der Waals surface area (Å²) in [4.78, 5) is 0. The maximum atomic E-state index is 3.56. The summed E-state index contributed by atoms with van der Waals surface area (Å²) in [6, 6.07) is 0. The lowest BCUT2D eigenvalue weighted by Gasteiger charge is -2.16. The summed E-state index contributed by atoms with van der Waals surface area (Å²) in [5, 5.41) is 3.56. The Morgan fingerprint density at radius 3 is 2.46 bits per heavy atom. The summed E-state index contributed by atoms with van der Waals surface area (Å²) in [7, 11) is 0. The smallest absolute Gasteiger partial charge is 0.000781 e. The first kappa shape index (κ1) is 11.0. The van der Waals surface area contributed by atoms with Crippen LogP contribution in [0, 0.1) is 11.3 Å². The summed E-state index contributed by atoms with van der Waals surface area (Å²) in [5.41, 5.74) is 0.722. The quantitative estimate of drug-likeness (QED) is 0.598. The van der Waals surface area contributed by atoms with Gasteiger partial charge < -0.3 is 5.32 Å². The third-order valence-electron chi connectivity index (χ3n) is 3.14. The molecule has 0 unspecified atom stereocenters. The summed E-state index contributed by atoms with van der Waals surface area (Å²) < 4.78 is 0. The van der Waals surface area contributed by atoms with Crippen LogP contribution in [0.4, 0.5) is 0 Å². The molecule has 78 valence electrons. The van der Waals surface area contributed by atoms with E-state index >= 15 is 0 Å². The van der Waals surface area contributed by atoms with Gasteiger partial charge in [-0.25, -0.2) is 0 Å². The fourth-order valence-corrected chi connectivity index (χ4v) is 1.82. The normalized spacial score (nSPS) is 19.4. The predicted octanol–water partition coefficient (Wildman–Crippen LogP) is 3.20. The zero-order valence-electron chi connectivity index (χ0n) is 9.53. The highest BCUT2D eigenvalue weighted by Gasteiger charge is 2.41. The van der Waals surface area contributed by atoms with Crippen molar-refractivity contribution < 1.29 is 0 Å². The molecule has 1 nitrogen and oxygen atoms in total. The molecule has 1 saturated carbocycles. The van der Waals surface area contributed by atoms with Crippen LogP contribution in [0.3, 0.4) is 0 Å². The summed E-state index contributed by atoms with van der Waals surface area (Å²) in [6.45, 7) is 9.36. The van der Waals surface area contributed by atoms with Crippen LogP contribution in [-0.4, -0.2) is 13.1 Å². The van der Waals surface area contributed by atoms with Gasteiger partial charge in [-0.15, -0.1) is 0 Å². The zero-order valence-corrected chi connectivity index (χ0v) is 9.53. The van der Waals surface area contributed by atoms with Gasteiger partial charge >= 0.3 is 0 Å². The summed E-state index contributed by atoms with van der Waals surface area (Å²) >= 11 is 0. The molecule has 0 radical (unpaired) electrons. The number of hydrogen-bond donors (Lipinski definition) is 1. The topological polar surface area (TPSA) is 12.0 Å². The van der Waals surface area contributed by atoms with Gasteiger partial charge in [0, 0.05) is 6.54 Å². The highest BCUT2D eigenvalue weighted by Crippen LogP contribution is 2.49. The first-order chi connectivity index (χ1) is 6.18. The van der Waals surface area contributed by atoms with E-state index in [1.165, 1.54) is 45.2 Å². The molecule has 0 aromatic rings. The van der Waals surface area contributed by atoms with Crippen molar-refractivity contribution in [1.82, 2.24) is 5.32 Å². The fraction of sp³-hybridized carbons (Fsp3) is 1.00. The summed E-state index contributed by atoms with van der Waals surface area (Å²) in [5.74, 6) is 0.878. The van der Waals surface area contributed by atoms with Gasteiger partial charge in [-0.3, -0.25) is 0 Å². The van der Waals surface area contributed by atoms with Crippen LogP contribution in [-0.2, 0) is 0 Å². The second-order valence-electron chi connectivity index (χ2n) is 5.11. The SMILES string of the molecule is CCCNCC1(CCC(C)C)CC1. The molecule has 0 aromatic heterocycles. The predicted molar refractivity (Wildman–Crippen MR) is 58.9 cm³/mol. The number of hydrogen-bond acceptors (Lipinski definition) is 1. The van der Waals surface area contributed by atoms with Gasteiger partial charge in [0.05, 0.1) is 0 Å².